The molecule has 0 unspecified atom stereocenters. The SMILES string of the molecule is CC(C)(C)c1cc(-c2nnc(C(C)(C)S(=O)(=O)c3ccc(F)cc3)o2)no1. The van der Waals surface area contributed by atoms with Crippen molar-refractivity contribution in [3.63, 3.8) is 0 Å². The lowest BCUT2D eigenvalue weighted by molar-refractivity contribution is 0.329. The number of hydrogen-bond acceptors (Lipinski definition) is 7. The molecular weight excluding hydrogens is 373 g/mol. The van der Waals surface area contributed by atoms with E-state index in [9.17, 15) is 12.8 Å². The smallest absolute Gasteiger partial charge is 0.269 e. The Morgan fingerprint density at radius 1 is 1.00 bits per heavy atom. The number of nitrogens with zero attached hydrogens (tertiary/aromatic N) is 3. The zero-order valence-corrected chi connectivity index (χ0v) is 16.5. The van der Waals surface area contributed by atoms with E-state index in [0.29, 0.717) is 11.5 Å². The fraction of sp³-hybridized carbons (Fsp3) is 0.389. The Balaban J connectivity index is 1.97. The van der Waals surface area contributed by atoms with Gasteiger partial charge in [-0.2, -0.15) is 0 Å². The maximum absolute atomic E-state index is 13.1. The molecule has 0 saturated carbocycles. The van der Waals surface area contributed by atoms with Crippen LogP contribution in [0, 0.1) is 5.82 Å². The minimum Gasteiger partial charge on any atom is -0.417 e. The largest absolute Gasteiger partial charge is 0.417 e. The summed E-state index contributed by atoms with van der Waals surface area (Å²) >= 11 is 0. The number of halogens is 1. The van der Waals surface area contributed by atoms with Crippen LogP contribution in [-0.4, -0.2) is 23.8 Å². The first kappa shape index (κ1) is 19.2. The number of benzene rings is 1. The minimum atomic E-state index is -3.90. The van der Waals surface area contributed by atoms with E-state index in [2.05, 4.69) is 15.4 Å². The first-order valence-electron chi connectivity index (χ1n) is 8.25. The van der Waals surface area contributed by atoms with E-state index in [0.717, 1.165) is 12.1 Å². The maximum Gasteiger partial charge on any atom is 0.269 e. The van der Waals surface area contributed by atoms with E-state index in [4.69, 9.17) is 8.94 Å². The summed E-state index contributed by atoms with van der Waals surface area (Å²) in [5.41, 5.74) is 0.0768. The van der Waals surface area contributed by atoms with Crippen LogP contribution < -0.4 is 0 Å². The third kappa shape index (κ3) is 3.39. The average molecular weight is 393 g/mol. The van der Waals surface area contributed by atoms with Gasteiger partial charge in [-0.05, 0) is 38.1 Å². The van der Waals surface area contributed by atoms with E-state index >= 15 is 0 Å². The van der Waals surface area contributed by atoms with E-state index in [1.165, 1.54) is 26.0 Å². The summed E-state index contributed by atoms with van der Waals surface area (Å²) in [6, 6.07) is 6.27. The average Bonchev–Trinajstić information content (AvgIpc) is 3.24. The molecule has 144 valence electrons. The fourth-order valence-electron chi connectivity index (χ4n) is 2.32. The fourth-order valence-corrected chi connectivity index (χ4v) is 3.72. The van der Waals surface area contributed by atoms with Gasteiger partial charge in [0.15, 0.2) is 15.5 Å². The summed E-state index contributed by atoms with van der Waals surface area (Å²) < 4.78 is 48.4. The van der Waals surface area contributed by atoms with Crippen LogP contribution in [0.15, 0.2) is 44.2 Å². The lowest BCUT2D eigenvalue weighted by atomic mass is 9.93. The Labute approximate surface area is 156 Å². The Morgan fingerprint density at radius 3 is 2.19 bits per heavy atom. The van der Waals surface area contributed by atoms with Crippen molar-refractivity contribution in [1.82, 2.24) is 15.4 Å². The molecule has 0 fully saturated rings. The zero-order valence-electron chi connectivity index (χ0n) is 15.6. The molecule has 3 rings (SSSR count). The van der Waals surface area contributed by atoms with Gasteiger partial charge in [-0.1, -0.05) is 25.9 Å². The van der Waals surface area contributed by atoms with E-state index < -0.39 is 20.4 Å². The standard InChI is InChI=1S/C18H20FN3O4S/c1-17(2,3)14-10-13(22-26-14)15-20-21-16(25-15)18(4,5)27(23,24)12-8-6-11(19)7-9-12/h6-10H,1-5H3. The van der Waals surface area contributed by atoms with Gasteiger partial charge in [0.05, 0.1) is 4.90 Å². The first-order chi connectivity index (χ1) is 12.4. The van der Waals surface area contributed by atoms with E-state index in [-0.39, 0.29) is 22.1 Å². The Hall–Kier alpha value is -2.55. The molecule has 0 amide bonds. The molecule has 3 aromatic rings. The van der Waals surface area contributed by atoms with Crippen molar-refractivity contribution < 1.29 is 21.7 Å². The van der Waals surface area contributed by atoms with Crippen molar-refractivity contribution in [2.24, 2.45) is 0 Å². The lowest BCUT2D eigenvalue weighted by Crippen LogP contribution is -2.29. The van der Waals surface area contributed by atoms with Gasteiger partial charge < -0.3 is 8.94 Å². The summed E-state index contributed by atoms with van der Waals surface area (Å²) in [4.78, 5) is -0.0369. The first-order valence-corrected chi connectivity index (χ1v) is 9.73. The Kier molecular flexibility index (Phi) is 4.46. The summed E-state index contributed by atoms with van der Waals surface area (Å²) in [5, 5.41) is 11.7. The van der Waals surface area contributed by atoms with Gasteiger partial charge in [-0.3, -0.25) is 0 Å². The molecular formula is C18H20FN3O4S. The van der Waals surface area contributed by atoms with E-state index in [1.54, 1.807) is 6.07 Å². The van der Waals surface area contributed by atoms with Gasteiger partial charge in [-0.25, -0.2) is 12.8 Å². The van der Waals surface area contributed by atoms with Crippen LogP contribution in [-0.2, 0) is 20.0 Å². The lowest BCUT2D eigenvalue weighted by Gasteiger charge is -2.20. The quantitative estimate of drug-likeness (QED) is 0.620. The summed E-state index contributed by atoms with van der Waals surface area (Å²) in [5.74, 6) is 0.0803. The van der Waals surface area contributed by atoms with Gasteiger partial charge >= 0.3 is 0 Å². The van der Waals surface area contributed by atoms with Crippen molar-refractivity contribution in [1.29, 1.82) is 0 Å². The molecule has 2 heterocycles. The minimum absolute atomic E-state index is 0.0369. The monoisotopic (exact) mass is 393 g/mol. The van der Waals surface area contributed by atoms with Crippen molar-refractivity contribution in [3.05, 3.63) is 47.8 Å². The molecule has 0 spiro atoms. The van der Waals surface area contributed by atoms with Crippen molar-refractivity contribution >= 4 is 9.84 Å². The van der Waals surface area contributed by atoms with Crippen molar-refractivity contribution in [2.45, 2.75) is 49.7 Å². The predicted molar refractivity (Wildman–Crippen MR) is 95.1 cm³/mol. The predicted octanol–water partition coefficient (Wildman–Crippen LogP) is 3.87. The highest BCUT2D eigenvalue weighted by molar-refractivity contribution is 7.92. The summed E-state index contributed by atoms with van der Waals surface area (Å²) in [7, 11) is -3.90. The molecule has 0 bridgehead atoms. The molecule has 27 heavy (non-hydrogen) atoms. The molecule has 7 nitrogen and oxygen atoms in total. The number of hydrogen-bond donors (Lipinski definition) is 0. The molecule has 9 heteroatoms. The summed E-state index contributed by atoms with van der Waals surface area (Å²) in [6.07, 6.45) is 0. The second kappa shape index (κ2) is 6.26. The van der Waals surface area contributed by atoms with Crippen LogP contribution in [0.1, 0.15) is 46.3 Å². The van der Waals surface area contributed by atoms with Gasteiger partial charge in [-0.15, -0.1) is 10.2 Å². The second-order valence-electron chi connectivity index (χ2n) is 7.71. The topological polar surface area (TPSA) is 99.1 Å². The van der Waals surface area contributed by atoms with Crippen LogP contribution in [0.2, 0.25) is 0 Å². The molecule has 0 radical (unpaired) electrons. The highest BCUT2D eigenvalue weighted by Crippen LogP contribution is 2.35. The molecule has 2 aromatic heterocycles. The maximum atomic E-state index is 13.1. The van der Waals surface area contributed by atoms with Crippen molar-refractivity contribution in [3.8, 4) is 11.6 Å². The number of rotatable bonds is 4. The number of aromatic nitrogens is 3. The van der Waals surface area contributed by atoms with Crippen LogP contribution in [0.25, 0.3) is 11.6 Å². The van der Waals surface area contributed by atoms with Gasteiger partial charge in [0, 0.05) is 11.5 Å². The third-order valence-corrected chi connectivity index (χ3v) is 6.62. The molecule has 0 atom stereocenters. The normalized spacial score (nSPS) is 13.1. The van der Waals surface area contributed by atoms with Crippen LogP contribution in [0.3, 0.4) is 0 Å². The Bertz CT molecular complexity index is 1060. The van der Waals surface area contributed by atoms with Crippen molar-refractivity contribution in [2.75, 3.05) is 0 Å². The van der Waals surface area contributed by atoms with Crippen LogP contribution >= 0.6 is 0 Å². The molecule has 0 saturated heterocycles. The van der Waals surface area contributed by atoms with Gasteiger partial charge in [0.25, 0.3) is 5.89 Å². The van der Waals surface area contributed by atoms with E-state index in [1.807, 2.05) is 20.8 Å². The molecule has 0 N–H and O–H groups in total. The highest BCUT2D eigenvalue weighted by atomic mass is 32.2. The van der Waals surface area contributed by atoms with Crippen LogP contribution in [0.5, 0.6) is 0 Å². The van der Waals surface area contributed by atoms with Gasteiger partial charge in [0.1, 0.15) is 16.3 Å². The molecule has 0 aliphatic carbocycles. The molecule has 0 aliphatic heterocycles. The molecule has 0 aliphatic rings. The number of sulfone groups is 1. The summed E-state index contributed by atoms with van der Waals surface area (Å²) in [6.45, 7) is 8.80. The van der Waals surface area contributed by atoms with Gasteiger partial charge in [0.2, 0.25) is 5.89 Å². The third-order valence-electron chi connectivity index (χ3n) is 4.20. The highest BCUT2D eigenvalue weighted by Gasteiger charge is 2.42. The second-order valence-corrected chi connectivity index (χ2v) is 10.2. The Morgan fingerprint density at radius 2 is 1.63 bits per heavy atom. The molecule has 1 aromatic carbocycles. The van der Waals surface area contributed by atoms with Crippen LogP contribution in [0.4, 0.5) is 4.39 Å². The zero-order chi connectivity index (χ0) is 20.0.